The fourth-order valence-electron chi connectivity index (χ4n) is 3.11. The van der Waals surface area contributed by atoms with Crippen molar-refractivity contribution < 1.29 is 9.53 Å². The van der Waals surface area contributed by atoms with Gasteiger partial charge >= 0.3 is 6.03 Å². The third-order valence-electron chi connectivity index (χ3n) is 4.20. The molecule has 23 heavy (non-hydrogen) atoms. The summed E-state index contributed by atoms with van der Waals surface area (Å²) in [5, 5.41) is 2.99. The highest BCUT2D eigenvalue weighted by atomic mass is 32.2. The SMILES string of the molecule is C[C@H]1CN(c2ccc(NC(=O)N3CCSCC3)cc2)C[C@H](C)O1. The summed E-state index contributed by atoms with van der Waals surface area (Å²) in [7, 11) is 0. The Bertz CT molecular complexity index is 521. The van der Waals surface area contributed by atoms with Gasteiger partial charge in [-0.2, -0.15) is 11.8 Å². The molecule has 2 fully saturated rings. The minimum absolute atomic E-state index is 0.00617. The smallest absolute Gasteiger partial charge is 0.321 e. The molecule has 126 valence electrons. The number of rotatable bonds is 2. The zero-order valence-electron chi connectivity index (χ0n) is 13.8. The second-order valence-corrected chi connectivity index (χ2v) is 7.46. The van der Waals surface area contributed by atoms with Crippen LogP contribution in [0.4, 0.5) is 16.2 Å². The number of amides is 2. The van der Waals surface area contributed by atoms with E-state index in [1.54, 1.807) is 0 Å². The van der Waals surface area contributed by atoms with Crippen LogP contribution < -0.4 is 10.2 Å². The van der Waals surface area contributed by atoms with Crippen LogP contribution in [0.2, 0.25) is 0 Å². The topological polar surface area (TPSA) is 44.8 Å². The van der Waals surface area contributed by atoms with Crippen LogP contribution in [0, 0.1) is 0 Å². The molecular weight excluding hydrogens is 310 g/mol. The van der Waals surface area contributed by atoms with Crippen molar-refractivity contribution in [3.05, 3.63) is 24.3 Å². The van der Waals surface area contributed by atoms with Crippen molar-refractivity contribution in [1.29, 1.82) is 0 Å². The van der Waals surface area contributed by atoms with Gasteiger partial charge in [-0.15, -0.1) is 0 Å². The van der Waals surface area contributed by atoms with E-state index in [1.165, 1.54) is 5.69 Å². The zero-order chi connectivity index (χ0) is 16.2. The van der Waals surface area contributed by atoms with E-state index in [0.29, 0.717) is 0 Å². The summed E-state index contributed by atoms with van der Waals surface area (Å²) in [6, 6.07) is 8.12. The normalized spacial score (nSPS) is 25.3. The molecule has 2 saturated heterocycles. The summed E-state index contributed by atoms with van der Waals surface area (Å²) >= 11 is 1.90. The number of benzene rings is 1. The molecule has 0 saturated carbocycles. The highest BCUT2D eigenvalue weighted by Crippen LogP contribution is 2.22. The van der Waals surface area contributed by atoms with Crippen LogP contribution in [0.5, 0.6) is 0 Å². The Morgan fingerprint density at radius 2 is 1.74 bits per heavy atom. The molecule has 2 atom stereocenters. The van der Waals surface area contributed by atoms with E-state index in [9.17, 15) is 4.79 Å². The van der Waals surface area contributed by atoms with E-state index in [0.717, 1.165) is 43.4 Å². The molecule has 2 aliphatic heterocycles. The van der Waals surface area contributed by atoms with Gasteiger partial charge in [-0.3, -0.25) is 0 Å². The maximum absolute atomic E-state index is 12.2. The van der Waals surface area contributed by atoms with Gasteiger partial charge in [0.1, 0.15) is 0 Å². The molecule has 0 aromatic heterocycles. The number of ether oxygens (including phenoxy) is 1. The minimum atomic E-state index is 0.00617. The monoisotopic (exact) mass is 335 g/mol. The molecule has 2 amide bonds. The van der Waals surface area contributed by atoms with Crippen molar-refractivity contribution in [3.63, 3.8) is 0 Å². The van der Waals surface area contributed by atoms with E-state index in [1.807, 2.05) is 28.8 Å². The largest absolute Gasteiger partial charge is 0.372 e. The molecule has 6 heteroatoms. The summed E-state index contributed by atoms with van der Waals surface area (Å²) in [5.74, 6) is 2.06. The Labute approximate surface area is 142 Å². The number of nitrogens with one attached hydrogen (secondary N) is 1. The highest BCUT2D eigenvalue weighted by molar-refractivity contribution is 7.99. The number of hydrogen-bond acceptors (Lipinski definition) is 4. The molecule has 1 N–H and O–H groups in total. The standard InChI is InChI=1S/C17H25N3O2S/c1-13-11-20(12-14(2)22-13)16-5-3-15(4-6-16)18-17(21)19-7-9-23-10-8-19/h3-6,13-14H,7-12H2,1-2H3,(H,18,21)/t13-,14-/m0/s1. The lowest BCUT2D eigenvalue weighted by Crippen LogP contribution is -2.45. The lowest BCUT2D eigenvalue weighted by molar-refractivity contribution is -0.00521. The van der Waals surface area contributed by atoms with Crippen LogP contribution in [0.1, 0.15) is 13.8 Å². The van der Waals surface area contributed by atoms with E-state index in [4.69, 9.17) is 4.74 Å². The maximum Gasteiger partial charge on any atom is 0.321 e. The number of carbonyl (C=O) groups excluding carboxylic acids is 1. The van der Waals surface area contributed by atoms with Crippen LogP contribution in [-0.2, 0) is 4.74 Å². The van der Waals surface area contributed by atoms with Crippen LogP contribution in [-0.4, -0.2) is 60.8 Å². The molecule has 0 unspecified atom stereocenters. The fraction of sp³-hybridized carbons (Fsp3) is 0.588. The average molecular weight is 335 g/mol. The molecule has 0 bridgehead atoms. The number of morpholine rings is 1. The molecule has 3 rings (SSSR count). The van der Waals surface area contributed by atoms with Crippen molar-refractivity contribution in [3.8, 4) is 0 Å². The third kappa shape index (κ3) is 4.32. The summed E-state index contributed by atoms with van der Waals surface area (Å²) in [4.78, 5) is 16.4. The van der Waals surface area contributed by atoms with Crippen molar-refractivity contribution in [2.75, 3.05) is 47.9 Å². The van der Waals surface area contributed by atoms with Gasteiger partial charge in [-0.1, -0.05) is 0 Å². The fourth-order valence-corrected chi connectivity index (χ4v) is 4.02. The quantitative estimate of drug-likeness (QED) is 0.903. The predicted molar refractivity (Wildman–Crippen MR) is 96.6 cm³/mol. The Hall–Kier alpha value is -1.40. The van der Waals surface area contributed by atoms with Gasteiger partial charge in [0.2, 0.25) is 0 Å². The maximum atomic E-state index is 12.2. The number of thioether (sulfide) groups is 1. The average Bonchev–Trinajstić information content (AvgIpc) is 2.55. The predicted octanol–water partition coefficient (Wildman–Crippen LogP) is 2.88. The van der Waals surface area contributed by atoms with Gasteiger partial charge in [-0.05, 0) is 38.1 Å². The third-order valence-corrected chi connectivity index (χ3v) is 5.14. The minimum Gasteiger partial charge on any atom is -0.372 e. The molecule has 2 heterocycles. The van der Waals surface area contributed by atoms with Crippen molar-refractivity contribution in [2.24, 2.45) is 0 Å². The van der Waals surface area contributed by atoms with Gasteiger partial charge in [0.25, 0.3) is 0 Å². The molecule has 1 aromatic rings. The van der Waals surface area contributed by atoms with Gasteiger partial charge in [-0.25, -0.2) is 4.79 Å². The number of carbonyl (C=O) groups is 1. The van der Waals surface area contributed by atoms with Crippen molar-refractivity contribution in [1.82, 2.24) is 4.90 Å². The van der Waals surface area contributed by atoms with Gasteiger partial charge in [0.05, 0.1) is 12.2 Å². The molecular formula is C17H25N3O2S. The first-order valence-corrected chi connectivity index (χ1v) is 9.41. The first kappa shape index (κ1) is 16.5. The molecule has 5 nitrogen and oxygen atoms in total. The van der Waals surface area contributed by atoms with E-state index in [-0.39, 0.29) is 18.2 Å². The summed E-state index contributed by atoms with van der Waals surface area (Å²) in [6.45, 7) is 7.68. The highest BCUT2D eigenvalue weighted by Gasteiger charge is 2.22. The summed E-state index contributed by atoms with van der Waals surface area (Å²) in [6.07, 6.45) is 0.491. The number of anilines is 2. The van der Waals surface area contributed by atoms with E-state index >= 15 is 0 Å². The Morgan fingerprint density at radius 3 is 2.35 bits per heavy atom. The molecule has 0 aliphatic carbocycles. The lowest BCUT2D eigenvalue weighted by atomic mass is 10.2. The second kappa shape index (κ2) is 7.45. The Morgan fingerprint density at radius 1 is 1.13 bits per heavy atom. The van der Waals surface area contributed by atoms with Gasteiger partial charge in [0, 0.05) is 49.1 Å². The zero-order valence-corrected chi connectivity index (χ0v) is 14.6. The second-order valence-electron chi connectivity index (χ2n) is 6.24. The van der Waals surface area contributed by atoms with Gasteiger partial charge < -0.3 is 19.9 Å². The number of nitrogens with zero attached hydrogens (tertiary/aromatic N) is 2. The van der Waals surface area contributed by atoms with E-state index < -0.39 is 0 Å². The molecule has 1 aromatic carbocycles. The van der Waals surface area contributed by atoms with E-state index in [2.05, 4.69) is 36.2 Å². The first-order chi connectivity index (χ1) is 11.1. The van der Waals surface area contributed by atoms with Crippen molar-refractivity contribution >= 4 is 29.2 Å². The van der Waals surface area contributed by atoms with Crippen LogP contribution >= 0.6 is 11.8 Å². The number of urea groups is 1. The van der Waals surface area contributed by atoms with Crippen LogP contribution in [0.15, 0.2) is 24.3 Å². The molecule has 0 spiro atoms. The molecule has 2 aliphatic rings. The number of hydrogen-bond donors (Lipinski definition) is 1. The van der Waals surface area contributed by atoms with Crippen LogP contribution in [0.25, 0.3) is 0 Å². The Kier molecular flexibility index (Phi) is 5.33. The molecule has 0 radical (unpaired) electrons. The van der Waals surface area contributed by atoms with Gasteiger partial charge in [0.15, 0.2) is 0 Å². The summed E-state index contributed by atoms with van der Waals surface area (Å²) < 4.78 is 5.78. The van der Waals surface area contributed by atoms with Crippen LogP contribution in [0.3, 0.4) is 0 Å². The Balaban J connectivity index is 1.59. The van der Waals surface area contributed by atoms with Crippen molar-refractivity contribution in [2.45, 2.75) is 26.1 Å². The first-order valence-electron chi connectivity index (χ1n) is 8.26. The lowest BCUT2D eigenvalue weighted by Gasteiger charge is -2.37. The summed E-state index contributed by atoms with van der Waals surface area (Å²) in [5.41, 5.74) is 2.03.